The molecule has 1 fully saturated rings. The third-order valence-electron chi connectivity index (χ3n) is 3.68. The first kappa shape index (κ1) is 18.7. The minimum absolute atomic E-state index is 0.258. The van der Waals surface area contributed by atoms with Gasteiger partial charge in [-0.2, -0.15) is 0 Å². The zero-order valence-electron chi connectivity index (χ0n) is 12.9. The lowest BCUT2D eigenvalue weighted by Crippen LogP contribution is -2.65. The average Bonchev–Trinajstić information content (AvgIpc) is 2.54. The average molecular weight is 341 g/mol. The summed E-state index contributed by atoms with van der Waals surface area (Å²) in [5, 5.41) is 49.9. The maximum atomic E-state index is 11.3. The lowest BCUT2D eigenvalue weighted by molar-refractivity contribution is -0.244. The van der Waals surface area contributed by atoms with Gasteiger partial charge in [0.05, 0.1) is 6.61 Å². The highest BCUT2D eigenvalue weighted by molar-refractivity contribution is 6.58. The summed E-state index contributed by atoms with van der Waals surface area (Å²) in [5.74, 6) is -0.176. The van der Waals surface area contributed by atoms with Gasteiger partial charge >= 0.3 is 7.12 Å². The van der Waals surface area contributed by atoms with Gasteiger partial charge in [0.2, 0.25) is 12.2 Å². The van der Waals surface area contributed by atoms with E-state index in [1.807, 2.05) is 0 Å². The first-order valence-corrected chi connectivity index (χ1v) is 7.35. The highest BCUT2D eigenvalue weighted by atomic mass is 16.7. The molecule has 5 atom stereocenters. The van der Waals surface area contributed by atoms with E-state index in [0.29, 0.717) is 0 Å². The van der Waals surface area contributed by atoms with Gasteiger partial charge in [-0.25, -0.2) is 0 Å². The van der Waals surface area contributed by atoms with E-state index in [1.165, 1.54) is 31.2 Å². The molecule has 1 saturated heterocycles. The Hall–Kier alpha value is -1.69. The van der Waals surface area contributed by atoms with Crippen LogP contribution in [-0.4, -0.2) is 75.6 Å². The predicted molar refractivity (Wildman–Crippen MR) is 82.3 cm³/mol. The van der Waals surface area contributed by atoms with Gasteiger partial charge < -0.3 is 40.2 Å². The van der Waals surface area contributed by atoms with Crippen molar-refractivity contribution in [3.63, 3.8) is 0 Å². The zero-order valence-corrected chi connectivity index (χ0v) is 12.9. The van der Waals surface area contributed by atoms with Crippen LogP contribution in [0.25, 0.3) is 0 Å². The molecule has 0 spiro atoms. The Morgan fingerprint density at radius 2 is 1.88 bits per heavy atom. The minimum Gasteiger partial charge on any atom is -0.463 e. The molecule has 1 heterocycles. The van der Waals surface area contributed by atoms with E-state index >= 15 is 0 Å². The maximum Gasteiger partial charge on any atom is 0.488 e. The molecule has 1 amide bonds. The molecule has 0 radical (unpaired) electrons. The Labute approximate surface area is 138 Å². The van der Waals surface area contributed by atoms with Gasteiger partial charge in [-0.1, -0.05) is 12.1 Å². The number of rotatable bonds is 5. The van der Waals surface area contributed by atoms with E-state index in [9.17, 15) is 20.1 Å². The lowest BCUT2D eigenvalue weighted by Gasteiger charge is -2.42. The van der Waals surface area contributed by atoms with Crippen LogP contribution in [0.4, 0.5) is 0 Å². The Morgan fingerprint density at radius 1 is 1.25 bits per heavy atom. The second kappa shape index (κ2) is 7.93. The predicted octanol–water partition coefficient (Wildman–Crippen LogP) is -3.31. The largest absolute Gasteiger partial charge is 0.488 e. The SMILES string of the molecule is CC(=O)NC1[C@H](Oc2ccc(B(O)O)cc2)OC(CO)[C@@H](O)[C@@H]1O. The molecule has 1 aromatic carbocycles. The van der Waals surface area contributed by atoms with Crippen LogP contribution in [0.15, 0.2) is 24.3 Å². The van der Waals surface area contributed by atoms with Crippen LogP contribution >= 0.6 is 0 Å². The standard InChI is InChI=1S/C14H20BNO8/c1-7(18)16-11-13(20)12(19)10(6-17)24-14(11)23-9-4-2-8(3-5-9)15(21)22/h2-5,10-14,17,19-22H,6H2,1H3,(H,16,18)/t10?,11?,12-,13-,14-/m1/s1. The van der Waals surface area contributed by atoms with Crippen molar-refractivity contribution in [3.05, 3.63) is 24.3 Å². The number of hydrogen-bond donors (Lipinski definition) is 6. The summed E-state index contributed by atoms with van der Waals surface area (Å²) in [4.78, 5) is 11.3. The van der Waals surface area contributed by atoms with Crippen molar-refractivity contribution in [3.8, 4) is 5.75 Å². The van der Waals surface area contributed by atoms with E-state index in [4.69, 9.17) is 19.5 Å². The Kier molecular flexibility index (Phi) is 6.16. The van der Waals surface area contributed by atoms with Gasteiger partial charge in [-0.3, -0.25) is 4.79 Å². The van der Waals surface area contributed by atoms with Gasteiger partial charge in [-0.05, 0) is 17.6 Å². The fourth-order valence-electron chi connectivity index (χ4n) is 2.42. The van der Waals surface area contributed by atoms with Crippen LogP contribution in [0, 0.1) is 0 Å². The molecule has 2 unspecified atom stereocenters. The van der Waals surface area contributed by atoms with Crippen molar-refractivity contribution in [1.82, 2.24) is 5.32 Å². The summed E-state index contributed by atoms with van der Waals surface area (Å²) >= 11 is 0. The van der Waals surface area contributed by atoms with E-state index in [-0.39, 0.29) is 11.2 Å². The number of carbonyl (C=O) groups excluding carboxylic acids is 1. The Balaban J connectivity index is 2.17. The van der Waals surface area contributed by atoms with Gasteiger partial charge in [-0.15, -0.1) is 0 Å². The van der Waals surface area contributed by atoms with Crippen LogP contribution < -0.4 is 15.5 Å². The van der Waals surface area contributed by atoms with Crippen LogP contribution in [0.1, 0.15) is 6.92 Å². The highest BCUT2D eigenvalue weighted by Gasteiger charge is 2.46. The van der Waals surface area contributed by atoms with Gasteiger partial charge in [0, 0.05) is 6.92 Å². The quantitative estimate of drug-likeness (QED) is 0.305. The minimum atomic E-state index is -1.62. The highest BCUT2D eigenvalue weighted by Crippen LogP contribution is 2.24. The molecule has 0 saturated carbocycles. The second-order valence-corrected chi connectivity index (χ2v) is 5.49. The fourth-order valence-corrected chi connectivity index (χ4v) is 2.42. The first-order valence-electron chi connectivity index (χ1n) is 7.35. The summed E-state index contributed by atoms with van der Waals surface area (Å²) < 4.78 is 11.0. The van der Waals surface area contributed by atoms with Crippen LogP contribution in [0.3, 0.4) is 0 Å². The molecule has 1 aromatic rings. The monoisotopic (exact) mass is 341 g/mol. The number of carbonyl (C=O) groups is 1. The van der Waals surface area contributed by atoms with Crippen LogP contribution in [-0.2, 0) is 9.53 Å². The first-order chi connectivity index (χ1) is 11.3. The molecule has 0 aliphatic carbocycles. The summed E-state index contributed by atoms with van der Waals surface area (Å²) in [6, 6.07) is 4.70. The second-order valence-electron chi connectivity index (χ2n) is 5.49. The lowest BCUT2D eigenvalue weighted by atomic mass is 9.80. The fraction of sp³-hybridized carbons (Fsp3) is 0.500. The molecule has 2 rings (SSSR count). The summed E-state index contributed by atoms with van der Waals surface area (Å²) in [7, 11) is -1.62. The number of benzene rings is 1. The molecule has 1 aliphatic rings. The maximum absolute atomic E-state index is 11.3. The Bertz CT molecular complexity index is 554. The number of aliphatic hydroxyl groups is 3. The molecule has 10 heteroatoms. The summed E-state index contributed by atoms with van der Waals surface area (Å²) in [6.45, 7) is 0.701. The molecule has 24 heavy (non-hydrogen) atoms. The van der Waals surface area contributed by atoms with Crippen molar-refractivity contribution >= 4 is 18.5 Å². The molecule has 132 valence electrons. The molecular formula is C14H20BNO8. The summed E-state index contributed by atoms with van der Waals surface area (Å²) in [5.41, 5.74) is 0.258. The van der Waals surface area contributed by atoms with E-state index < -0.39 is 50.3 Å². The van der Waals surface area contributed by atoms with Crippen LogP contribution in [0.5, 0.6) is 5.75 Å². The van der Waals surface area contributed by atoms with Crippen molar-refractivity contribution in [2.45, 2.75) is 37.6 Å². The molecule has 0 bridgehead atoms. The number of nitrogens with one attached hydrogen (secondary N) is 1. The molecule has 6 N–H and O–H groups in total. The van der Waals surface area contributed by atoms with E-state index in [2.05, 4.69) is 5.32 Å². The topological polar surface area (TPSA) is 149 Å². The van der Waals surface area contributed by atoms with Gasteiger partial charge in [0.15, 0.2) is 0 Å². The third-order valence-corrected chi connectivity index (χ3v) is 3.68. The van der Waals surface area contributed by atoms with Crippen molar-refractivity contribution in [2.24, 2.45) is 0 Å². The zero-order chi connectivity index (χ0) is 17.9. The van der Waals surface area contributed by atoms with Gasteiger partial charge in [0.25, 0.3) is 0 Å². The summed E-state index contributed by atoms with van der Waals surface area (Å²) in [6.07, 6.45) is -5.02. The van der Waals surface area contributed by atoms with Crippen molar-refractivity contribution in [1.29, 1.82) is 0 Å². The van der Waals surface area contributed by atoms with Gasteiger partial charge in [0.1, 0.15) is 30.1 Å². The number of amides is 1. The van der Waals surface area contributed by atoms with E-state index in [0.717, 1.165) is 0 Å². The van der Waals surface area contributed by atoms with Crippen molar-refractivity contribution < 1.29 is 39.6 Å². The normalized spacial score (nSPS) is 29.8. The smallest absolute Gasteiger partial charge is 0.463 e. The molecule has 9 nitrogen and oxygen atoms in total. The Morgan fingerprint density at radius 3 is 2.38 bits per heavy atom. The molecule has 0 aromatic heterocycles. The van der Waals surface area contributed by atoms with Crippen LogP contribution in [0.2, 0.25) is 0 Å². The number of hydrogen-bond acceptors (Lipinski definition) is 8. The number of ether oxygens (including phenoxy) is 2. The molecular weight excluding hydrogens is 321 g/mol. The number of aliphatic hydroxyl groups excluding tert-OH is 3. The molecule has 1 aliphatic heterocycles. The van der Waals surface area contributed by atoms with E-state index in [1.54, 1.807) is 0 Å². The third kappa shape index (κ3) is 4.23. The van der Waals surface area contributed by atoms with Crippen molar-refractivity contribution in [2.75, 3.05) is 6.61 Å².